The average molecular weight is 303 g/mol. The standard InChI is InChI=1S/C17H21NO2S/c1-13(2)12-20-17-14(6-4-8-16(17)19-3)10-18-11-15-7-5-9-21-15/h4-9,18H,1,10-12H2,2-3H3. The Hall–Kier alpha value is -1.78. The molecule has 0 spiro atoms. The zero-order chi connectivity index (χ0) is 15.1. The maximum atomic E-state index is 5.85. The molecule has 112 valence electrons. The largest absolute Gasteiger partial charge is 0.493 e. The molecule has 0 saturated carbocycles. The minimum absolute atomic E-state index is 0.498. The lowest BCUT2D eigenvalue weighted by atomic mass is 10.2. The maximum absolute atomic E-state index is 5.85. The molecule has 0 atom stereocenters. The molecule has 1 aromatic carbocycles. The number of methoxy groups -OCH3 is 1. The van der Waals surface area contributed by atoms with Crippen molar-refractivity contribution in [3.05, 3.63) is 58.3 Å². The lowest BCUT2D eigenvalue weighted by Gasteiger charge is -2.15. The summed E-state index contributed by atoms with van der Waals surface area (Å²) in [6.45, 7) is 7.91. The topological polar surface area (TPSA) is 30.5 Å². The Morgan fingerprint density at radius 2 is 2.10 bits per heavy atom. The Balaban J connectivity index is 2.04. The van der Waals surface area contributed by atoms with Gasteiger partial charge < -0.3 is 14.8 Å². The van der Waals surface area contributed by atoms with E-state index in [2.05, 4.69) is 35.5 Å². The highest BCUT2D eigenvalue weighted by atomic mass is 32.1. The molecule has 0 aliphatic heterocycles. The van der Waals surface area contributed by atoms with Gasteiger partial charge in [0.1, 0.15) is 6.61 Å². The second-order valence-electron chi connectivity index (χ2n) is 4.88. The zero-order valence-electron chi connectivity index (χ0n) is 12.5. The summed E-state index contributed by atoms with van der Waals surface area (Å²) in [5.41, 5.74) is 2.07. The number of ether oxygens (including phenoxy) is 2. The average Bonchev–Trinajstić information content (AvgIpc) is 2.98. The normalized spacial score (nSPS) is 10.4. The van der Waals surface area contributed by atoms with Crippen molar-refractivity contribution in [2.24, 2.45) is 0 Å². The third kappa shape index (κ3) is 4.62. The van der Waals surface area contributed by atoms with Gasteiger partial charge in [-0.15, -0.1) is 11.3 Å². The number of benzene rings is 1. The molecule has 0 unspecified atom stereocenters. The molecule has 3 nitrogen and oxygen atoms in total. The highest BCUT2D eigenvalue weighted by Gasteiger charge is 2.10. The van der Waals surface area contributed by atoms with Crippen LogP contribution in [0.3, 0.4) is 0 Å². The SMILES string of the molecule is C=C(C)COc1c(CNCc2cccs2)cccc1OC. The van der Waals surface area contributed by atoms with E-state index >= 15 is 0 Å². The van der Waals surface area contributed by atoms with E-state index in [-0.39, 0.29) is 0 Å². The van der Waals surface area contributed by atoms with Crippen LogP contribution in [0, 0.1) is 0 Å². The van der Waals surface area contributed by atoms with E-state index in [0.717, 1.165) is 35.7 Å². The van der Waals surface area contributed by atoms with Gasteiger partial charge in [0.15, 0.2) is 11.5 Å². The summed E-state index contributed by atoms with van der Waals surface area (Å²) in [5.74, 6) is 1.55. The van der Waals surface area contributed by atoms with Crippen LogP contribution < -0.4 is 14.8 Å². The smallest absolute Gasteiger partial charge is 0.166 e. The van der Waals surface area contributed by atoms with Gasteiger partial charge in [0.2, 0.25) is 0 Å². The molecule has 0 aliphatic carbocycles. The monoisotopic (exact) mass is 303 g/mol. The second-order valence-corrected chi connectivity index (χ2v) is 5.91. The number of nitrogens with one attached hydrogen (secondary N) is 1. The van der Waals surface area contributed by atoms with E-state index in [0.29, 0.717) is 6.61 Å². The van der Waals surface area contributed by atoms with Crippen LogP contribution in [0.2, 0.25) is 0 Å². The van der Waals surface area contributed by atoms with Crippen LogP contribution in [0.1, 0.15) is 17.4 Å². The van der Waals surface area contributed by atoms with Crippen LogP contribution in [-0.4, -0.2) is 13.7 Å². The molecular formula is C17H21NO2S. The second kappa shape index (κ2) is 7.86. The molecule has 0 amide bonds. The molecule has 0 fully saturated rings. The first-order valence-corrected chi connectivity index (χ1v) is 7.75. The summed E-state index contributed by atoms with van der Waals surface area (Å²) in [7, 11) is 1.66. The third-order valence-electron chi connectivity index (χ3n) is 2.94. The first-order valence-electron chi connectivity index (χ1n) is 6.87. The van der Waals surface area contributed by atoms with Gasteiger partial charge in [-0.3, -0.25) is 0 Å². The van der Waals surface area contributed by atoms with Crippen LogP contribution >= 0.6 is 11.3 Å². The minimum Gasteiger partial charge on any atom is -0.493 e. The van der Waals surface area contributed by atoms with Crippen LogP contribution in [0.4, 0.5) is 0 Å². The maximum Gasteiger partial charge on any atom is 0.166 e. The van der Waals surface area contributed by atoms with Gasteiger partial charge in [0.05, 0.1) is 7.11 Å². The molecule has 2 rings (SSSR count). The van der Waals surface area contributed by atoms with Crippen LogP contribution in [0.25, 0.3) is 0 Å². The first-order chi connectivity index (χ1) is 10.2. The third-order valence-corrected chi connectivity index (χ3v) is 3.81. The van der Waals surface area contributed by atoms with Crippen molar-refractivity contribution < 1.29 is 9.47 Å². The first kappa shape index (κ1) is 15.6. The highest BCUT2D eigenvalue weighted by Crippen LogP contribution is 2.31. The van der Waals surface area contributed by atoms with E-state index in [1.165, 1.54) is 4.88 Å². The Kier molecular flexibility index (Phi) is 5.84. The van der Waals surface area contributed by atoms with Crippen molar-refractivity contribution in [1.29, 1.82) is 0 Å². The van der Waals surface area contributed by atoms with Gasteiger partial charge >= 0.3 is 0 Å². The van der Waals surface area contributed by atoms with Crippen LogP contribution in [0.15, 0.2) is 47.9 Å². The molecule has 0 saturated heterocycles. The van der Waals surface area contributed by atoms with Crippen molar-refractivity contribution in [1.82, 2.24) is 5.32 Å². The lowest BCUT2D eigenvalue weighted by molar-refractivity contribution is 0.315. The molecule has 4 heteroatoms. The van der Waals surface area contributed by atoms with Gasteiger partial charge in [0.25, 0.3) is 0 Å². The molecule has 0 radical (unpaired) electrons. The van der Waals surface area contributed by atoms with Crippen molar-refractivity contribution in [3.8, 4) is 11.5 Å². The molecule has 2 aromatic rings. The number of hydrogen-bond donors (Lipinski definition) is 1. The summed E-state index contributed by atoms with van der Waals surface area (Å²) in [5, 5.41) is 5.52. The van der Waals surface area contributed by atoms with Gasteiger partial charge in [-0.25, -0.2) is 0 Å². The van der Waals surface area contributed by atoms with Crippen molar-refractivity contribution >= 4 is 11.3 Å². The molecule has 21 heavy (non-hydrogen) atoms. The van der Waals surface area contributed by atoms with E-state index < -0.39 is 0 Å². The summed E-state index contributed by atoms with van der Waals surface area (Å²) in [6.07, 6.45) is 0. The number of para-hydroxylation sites is 1. The van der Waals surface area contributed by atoms with E-state index in [1.807, 2.05) is 19.1 Å². The molecule has 0 bridgehead atoms. The van der Waals surface area contributed by atoms with Gasteiger partial charge in [-0.1, -0.05) is 24.8 Å². The van der Waals surface area contributed by atoms with Gasteiger partial charge in [-0.05, 0) is 30.0 Å². The number of rotatable bonds is 8. The summed E-state index contributed by atoms with van der Waals surface area (Å²) < 4.78 is 11.2. The van der Waals surface area contributed by atoms with Gasteiger partial charge in [-0.2, -0.15) is 0 Å². The van der Waals surface area contributed by atoms with E-state index in [4.69, 9.17) is 9.47 Å². The van der Waals surface area contributed by atoms with Crippen molar-refractivity contribution in [2.45, 2.75) is 20.0 Å². The summed E-state index contributed by atoms with van der Waals surface area (Å²) in [6, 6.07) is 10.1. The lowest BCUT2D eigenvalue weighted by Crippen LogP contribution is -2.13. The fourth-order valence-electron chi connectivity index (χ4n) is 1.95. The summed E-state index contributed by atoms with van der Waals surface area (Å²) in [4.78, 5) is 1.32. The van der Waals surface area contributed by atoms with Gasteiger partial charge in [0, 0.05) is 23.5 Å². The van der Waals surface area contributed by atoms with Crippen LogP contribution in [-0.2, 0) is 13.1 Å². The fourth-order valence-corrected chi connectivity index (χ4v) is 2.63. The zero-order valence-corrected chi connectivity index (χ0v) is 13.3. The number of hydrogen-bond acceptors (Lipinski definition) is 4. The Labute approximate surface area is 130 Å². The molecule has 0 aliphatic rings. The minimum atomic E-state index is 0.498. The van der Waals surface area contributed by atoms with Crippen LogP contribution in [0.5, 0.6) is 11.5 Å². The predicted molar refractivity (Wildman–Crippen MR) is 88.2 cm³/mol. The highest BCUT2D eigenvalue weighted by molar-refractivity contribution is 7.09. The van der Waals surface area contributed by atoms with Crippen molar-refractivity contribution in [3.63, 3.8) is 0 Å². The van der Waals surface area contributed by atoms with E-state index in [1.54, 1.807) is 18.4 Å². The Morgan fingerprint density at radius 1 is 1.24 bits per heavy atom. The fraction of sp³-hybridized carbons (Fsp3) is 0.294. The quantitative estimate of drug-likeness (QED) is 0.748. The molecule has 1 aromatic heterocycles. The summed E-state index contributed by atoms with van der Waals surface area (Å²) >= 11 is 1.75. The van der Waals surface area contributed by atoms with Crippen molar-refractivity contribution in [2.75, 3.05) is 13.7 Å². The predicted octanol–water partition coefficient (Wildman–Crippen LogP) is 4.00. The Bertz CT molecular complexity index is 578. The number of thiophene rings is 1. The Morgan fingerprint density at radius 3 is 2.76 bits per heavy atom. The van der Waals surface area contributed by atoms with E-state index in [9.17, 15) is 0 Å². The molecule has 1 N–H and O–H groups in total. The molecular weight excluding hydrogens is 282 g/mol. The molecule has 1 heterocycles.